The molecular weight excluding hydrogens is 221 g/mol. The summed E-state index contributed by atoms with van der Waals surface area (Å²) >= 11 is 0. The van der Waals surface area contributed by atoms with E-state index in [4.69, 9.17) is 0 Å². The molecule has 1 aromatic rings. The maximum absolute atomic E-state index is 12.2. The van der Waals surface area contributed by atoms with Gasteiger partial charge in [-0.25, -0.2) is 4.98 Å². The number of hydrogen-bond donors (Lipinski definition) is 0. The molecule has 0 atom stereocenters. The molecule has 0 aliphatic heterocycles. The van der Waals surface area contributed by atoms with Crippen LogP contribution in [0, 0.1) is 0 Å². The molecule has 0 amide bonds. The molecule has 0 aromatic carbocycles. The van der Waals surface area contributed by atoms with Crippen molar-refractivity contribution >= 4 is 5.78 Å². The summed E-state index contributed by atoms with van der Waals surface area (Å²) in [5.74, 6) is -1.42. The molecule has 0 saturated carbocycles. The van der Waals surface area contributed by atoms with Crippen LogP contribution in [0.1, 0.15) is 37.1 Å². The fourth-order valence-corrected chi connectivity index (χ4v) is 1.46. The maximum atomic E-state index is 12.2. The van der Waals surface area contributed by atoms with E-state index in [0.717, 1.165) is 6.20 Å². The van der Waals surface area contributed by atoms with E-state index in [1.54, 1.807) is 0 Å². The third-order valence-corrected chi connectivity index (χ3v) is 2.15. The zero-order chi connectivity index (χ0) is 12.7. The first-order valence-corrected chi connectivity index (χ1v) is 4.69. The summed E-state index contributed by atoms with van der Waals surface area (Å²) in [7, 11) is 1.41. The second-order valence-electron chi connectivity index (χ2n) is 4.60. The third kappa shape index (κ3) is 2.25. The number of ketones is 1. The fourth-order valence-electron chi connectivity index (χ4n) is 1.46. The molecule has 6 heteroatoms. The molecule has 90 valence electrons. The number of imidazole rings is 1. The van der Waals surface area contributed by atoms with Gasteiger partial charge in [-0.05, 0) is 0 Å². The fraction of sp³-hybridized carbons (Fsp3) is 0.600. The van der Waals surface area contributed by atoms with Gasteiger partial charge >= 0.3 is 6.18 Å². The first kappa shape index (κ1) is 12.7. The van der Waals surface area contributed by atoms with Gasteiger partial charge in [0.15, 0.2) is 0 Å². The van der Waals surface area contributed by atoms with Crippen molar-refractivity contribution in [2.45, 2.75) is 32.4 Å². The lowest BCUT2D eigenvalue weighted by atomic mass is 9.96. The zero-order valence-electron chi connectivity index (χ0n) is 9.51. The van der Waals surface area contributed by atoms with Crippen molar-refractivity contribution in [3.8, 4) is 0 Å². The number of carbonyl (C=O) groups is 1. The molecule has 1 heterocycles. The van der Waals surface area contributed by atoms with Crippen LogP contribution in [0.5, 0.6) is 0 Å². The normalized spacial score (nSPS) is 12.9. The van der Waals surface area contributed by atoms with Gasteiger partial charge in [-0.3, -0.25) is 4.79 Å². The minimum absolute atomic E-state index is 0.404. The van der Waals surface area contributed by atoms with Gasteiger partial charge in [0, 0.05) is 12.5 Å². The van der Waals surface area contributed by atoms with Crippen molar-refractivity contribution in [2.75, 3.05) is 0 Å². The largest absolute Gasteiger partial charge is 0.456 e. The molecule has 0 radical (unpaired) electrons. The Morgan fingerprint density at radius 3 is 2.12 bits per heavy atom. The Bertz CT molecular complexity index is 413. The Labute approximate surface area is 91.3 Å². The van der Waals surface area contributed by atoms with Crippen molar-refractivity contribution in [1.82, 2.24) is 9.55 Å². The number of nitrogens with zero attached hydrogens (tertiary/aromatic N) is 2. The van der Waals surface area contributed by atoms with Crippen LogP contribution in [0.2, 0.25) is 0 Å². The average molecular weight is 234 g/mol. The molecule has 0 saturated heterocycles. The zero-order valence-corrected chi connectivity index (χ0v) is 9.51. The molecule has 0 unspecified atom stereocenters. The molecule has 0 spiro atoms. The van der Waals surface area contributed by atoms with E-state index in [-0.39, 0.29) is 0 Å². The van der Waals surface area contributed by atoms with E-state index in [1.165, 1.54) is 11.6 Å². The predicted octanol–water partition coefficient (Wildman–Crippen LogP) is 2.46. The number of aromatic nitrogens is 2. The van der Waals surface area contributed by atoms with Crippen LogP contribution in [0.25, 0.3) is 0 Å². The molecule has 0 fully saturated rings. The quantitative estimate of drug-likeness (QED) is 0.699. The van der Waals surface area contributed by atoms with Crippen LogP contribution in [-0.4, -0.2) is 21.5 Å². The van der Waals surface area contributed by atoms with E-state index in [2.05, 4.69) is 4.98 Å². The number of carbonyl (C=O) groups excluding carboxylic acids is 1. The van der Waals surface area contributed by atoms with Crippen LogP contribution in [0.15, 0.2) is 6.20 Å². The lowest BCUT2D eigenvalue weighted by molar-refractivity contribution is -0.0890. The highest BCUT2D eigenvalue weighted by Gasteiger charge is 2.41. The smallest absolute Gasteiger partial charge is 0.328 e. The number of rotatable bonds is 1. The Kier molecular flexibility index (Phi) is 2.87. The van der Waals surface area contributed by atoms with E-state index < -0.39 is 23.1 Å². The van der Waals surface area contributed by atoms with Crippen molar-refractivity contribution in [3.63, 3.8) is 0 Å². The van der Waals surface area contributed by atoms with E-state index in [9.17, 15) is 18.0 Å². The predicted molar refractivity (Wildman–Crippen MR) is 52.3 cm³/mol. The summed E-state index contributed by atoms with van der Waals surface area (Å²) in [5, 5.41) is 0. The number of alkyl halides is 3. The van der Waals surface area contributed by atoms with Gasteiger partial charge in [0.05, 0.1) is 6.20 Å². The topological polar surface area (TPSA) is 34.9 Å². The van der Waals surface area contributed by atoms with Gasteiger partial charge in [-0.15, -0.1) is 0 Å². The second-order valence-corrected chi connectivity index (χ2v) is 4.60. The van der Waals surface area contributed by atoms with Crippen molar-refractivity contribution in [3.05, 3.63) is 17.7 Å². The standard InChI is InChI=1S/C10H13F3N2O/c1-9(2,3)8-14-5-6(15(8)4)7(16)10(11,12)13/h5H,1-4H3. The molecule has 0 aliphatic carbocycles. The first-order valence-electron chi connectivity index (χ1n) is 4.69. The van der Waals surface area contributed by atoms with Crippen LogP contribution in [0.3, 0.4) is 0 Å². The van der Waals surface area contributed by atoms with Crippen molar-refractivity contribution < 1.29 is 18.0 Å². The number of halogens is 3. The summed E-state index contributed by atoms with van der Waals surface area (Å²) in [6.07, 6.45) is -3.89. The van der Waals surface area contributed by atoms with E-state index >= 15 is 0 Å². The third-order valence-electron chi connectivity index (χ3n) is 2.15. The van der Waals surface area contributed by atoms with Gasteiger partial charge in [0.1, 0.15) is 11.5 Å². The highest BCUT2D eigenvalue weighted by Crippen LogP contribution is 2.25. The summed E-state index contributed by atoms with van der Waals surface area (Å²) in [5.41, 5.74) is -0.837. The SMILES string of the molecule is Cn1c(C(=O)C(F)(F)F)cnc1C(C)(C)C. The van der Waals surface area contributed by atoms with Crippen molar-refractivity contribution in [1.29, 1.82) is 0 Å². The van der Waals surface area contributed by atoms with Crippen LogP contribution in [-0.2, 0) is 12.5 Å². The van der Waals surface area contributed by atoms with Gasteiger partial charge in [0.2, 0.25) is 0 Å². The Balaban J connectivity index is 3.21. The van der Waals surface area contributed by atoms with Crippen LogP contribution in [0.4, 0.5) is 13.2 Å². The Morgan fingerprint density at radius 1 is 1.31 bits per heavy atom. The number of hydrogen-bond acceptors (Lipinski definition) is 2. The minimum Gasteiger partial charge on any atom is -0.328 e. The summed E-state index contributed by atoms with van der Waals surface area (Å²) in [6, 6.07) is 0. The van der Waals surface area contributed by atoms with E-state index in [1.807, 2.05) is 20.8 Å². The highest BCUT2D eigenvalue weighted by atomic mass is 19.4. The molecule has 1 aromatic heterocycles. The van der Waals surface area contributed by atoms with Crippen molar-refractivity contribution in [2.24, 2.45) is 7.05 Å². The van der Waals surface area contributed by atoms with Gasteiger partial charge in [0.25, 0.3) is 5.78 Å². The van der Waals surface area contributed by atoms with Gasteiger partial charge < -0.3 is 4.57 Å². The molecule has 1 rings (SSSR count). The highest BCUT2D eigenvalue weighted by molar-refractivity contribution is 5.98. The molecule has 16 heavy (non-hydrogen) atoms. The van der Waals surface area contributed by atoms with Crippen LogP contribution < -0.4 is 0 Å². The molecule has 0 N–H and O–H groups in total. The van der Waals surface area contributed by atoms with Gasteiger partial charge in [-0.2, -0.15) is 13.2 Å². The molecule has 3 nitrogen and oxygen atoms in total. The molecular formula is C10H13F3N2O. The molecule has 0 aliphatic rings. The lowest BCUT2D eigenvalue weighted by Gasteiger charge is -2.18. The summed E-state index contributed by atoms with van der Waals surface area (Å²) in [6.45, 7) is 5.45. The molecule has 0 bridgehead atoms. The monoisotopic (exact) mass is 234 g/mol. The lowest BCUT2D eigenvalue weighted by Crippen LogP contribution is -2.26. The summed E-state index contributed by atoms with van der Waals surface area (Å²) < 4.78 is 37.9. The Hall–Kier alpha value is -1.33. The first-order chi connectivity index (χ1) is 7.05. The Morgan fingerprint density at radius 2 is 1.81 bits per heavy atom. The maximum Gasteiger partial charge on any atom is 0.456 e. The average Bonchev–Trinajstić information content (AvgIpc) is 2.42. The van der Waals surface area contributed by atoms with Crippen LogP contribution >= 0.6 is 0 Å². The number of Topliss-reactive ketones (excluding diaryl/α,β-unsaturated/α-hetero) is 1. The van der Waals surface area contributed by atoms with Gasteiger partial charge in [-0.1, -0.05) is 20.8 Å². The minimum atomic E-state index is -4.86. The summed E-state index contributed by atoms with van der Waals surface area (Å²) in [4.78, 5) is 14.9. The van der Waals surface area contributed by atoms with E-state index in [0.29, 0.717) is 5.82 Å². The second kappa shape index (κ2) is 3.61.